The third kappa shape index (κ3) is 4.96. The lowest BCUT2D eigenvalue weighted by atomic mass is 9.87. The highest BCUT2D eigenvalue weighted by atomic mass is 28.3. The van der Waals surface area contributed by atoms with E-state index in [1.165, 1.54) is 4.90 Å². The molecule has 0 radical (unpaired) electrons. The number of carbonyl (C=O) groups is 3. The molecule has 0 bridgehead atoms. The molecular weight excluding hydrogens is 434 g/mol. The van der Waals surface area contributed by atoms with Crippen molar-refractivity contribution in [1.29, 1.82) is 0 Å². The second-order valence-corrected chi connectivity index (χ2v) is 14.2. The predicted molar refractivity (Wildman–Crippen MR) is 126 cm³/mol. The first-order valence-corrected chi connectivity index (χ1v) is 14.5. The van der Waals surface area contributed by atoms with Crippen LogP contribution in [-0.2, 0) is 11.3 Å². The Labute approximate surface area is 194 Å². The number of amides is 4. The Balaban J connectivity index is 1.39. The van der Waals surface area contributed by atoms with Gasteiger partial charge < -0.3 is 10.2 Å². The fourth-order valence-corrected chi connectivity index (χ4v) is 4.44. The van der Waals surface area contributed by atoms with Crippen molar-refractivity contribution in [3.05, 3.63) is 59.7 Å². The lowest BCUT2D eigenvalue weighted by Gasteiger charge is -2.37. The Morgan fingerprint density at radius 1 is 1.09 bits per heavy atom. The molecule has 2 fully saturated rings. The minimum atomic E-state index is -1.51. The molecule has 3 heterocycles. The van der Waals surface area contributed by atoms with Gasteiger partial charge in [-0.05, 0) is 18.4 Å². The molecule has 2 aromatic rings. The average molecular weight is 462 g/mol. The van der Waals surface area contributed by atoms with E-state index in [1.807, 2.05) is 30.3 Å². The van der Waals surface area contributed by atoms with Gasteiger partial charge in [-0.25, -0.2) is 14.8 Å². The molecular formula is C24H27N5O3Si. The van der Waals surface area contributed by atoms with Crippen LogP contribution in [0.4, 0.5) is 4.79 Å². The number of likely N-dealkylation sites (tertiary alicyclic amines) is 1. The predicted octanol–water partition coefficient (Wildman–Crippen LogP) is 2.43. The molecule has 0 atom stereocenters. The molecule has 2 aliphatic rings. The number of rotatable bonds is 3. The first-order chi connectivity index (χ1) is 15.7. The van der Waals surface area contributed by atoms with E-state index in [9.17, 15) is 14.4 Å². The van der Waals surface area contributed by atoms with Crippen LogP contribution in [0.5, 0.6) is 0 Å². The van der Waals surface area contributed by atoms with Gasteiger partial charge in [0.2, 0.25) is 5.82 Å². The lowest BCUT2D eigenvalue weighted by Crippen LogP contribution is -2.56. The van der Waals surface area contributed by atoms with E-state index in [0.717, 1.165) is 5.56 Å². The third-order valence-corrected chi connectivity index (χ3v) is 6.63. The summed E-state index contributed by atoms with van der Waals surface area (Å²) in [6, 6.07) is 9.02. The molecule has 4 rings (SSSR count). The van der Waals surface area contributed by atoms with Crippen LogP contribution in [0.3, 0.4) is 0 Å². The summed E-state index contributed by atoms with van der Waals surface area (Å²) in [5.41, 5.74) is 3.86. The van der Waals surface area contributed by atoms with E-state index in [2.05, 4.69) is 46.4 Å². The number of piperidine rings is 1. The van der Waals surface area contributed by atoms with Crippen LogP contribution < -0.4 is 5.32 Å². The molecule has 0 saturated carbocycles. The third-order valence-electron chi connectivity index (χ3n) is 5.76. The Morgan fingerprint density at radius 2 is 1.73 bits per heavy atom. The summed E-state index contributed by atoms with van der Waals surface area (Å²) < 4.78 is 0. The van der Waals surface area contributed by atoms with Gasteiger partial charge in [-0.15, -0.1) is 5.54 Å². The first kappa shape index (κ1) is 22.7. The van der Waals surface area contributed by atoms with Crippen LogP contribution in [0.15, 0.2) is 42.7 Å². The lowest BCUT2D eigenvalue weighted by molar-refractivity contribution is -0.133. The quantitative estimate of drug-likeness (QED) is 0.430. The molecule has 0 aliphatic carbocycles. The van der Waals surface area contributed by atoms with E-state index in [-0.39, 0.29) is 30.2 Å². The fraction of sp³-hybridized carbons (Fsp3) is 0.375. The van der Waals surface area contributed by atoms with Gasteiger partial charge in [0.15, 0.2) is 0 Å². The summed E-state index contributed by atoms with van der Waals surface area (Å²) in [7, 11) is -1.51. The topological polar surface area (TPSA) is 95.5 Å². The van der Waals surface area contributed by atoms with Crippen LogP contribution in [0.25, 0.3) is 0 Å². The highest BCUT2D eigenvalue weighted by molar-refractivity contribution is 6.83. The van der Waals surface area contributed by atoms with Gasteiger partial charge in [0.1, 0.15) is 13.6 Å². The molecule has 33 heavy (non-hydrogen) atoms. The molecule has 1 aromatic heterocycles. The van der Waals surface area contributed by atoms with Gasteiger partial charge in [0.05, 0.1) is 12.1 Å². The van der Waals surface area contributed by atoms with E-state index in [0.29, 0.717) is 31.5 Å². The Hall–Kier alpha value is -3.51. The van der Waals surface area contributed by atoms with E-state index >= 15 is 0 Å². The minimum absolute atomic E-state index is 0.108. The Kier molecular flexibility index (Phi) is 6.04. The maximum atomic E-state index is 13.1. The van der Waals surface area contributed by atoms with Crippen molar-refractivity contribution in [2.24, 2.45) is 0 Å². The van der Waals surface area contributed by atoms with Crippen molar-refractivity contribution >= 4 is 25.9 Å². The van der Waals surface area contributed by atoms with Gasteiger partial charge >= 0.3 is 6.03 Å². The average Bonchev–Trinajstić information content (AvgIpc) is 3.02. The standard InChI is InChI=1S/C24H27N5O3Si/c1-33(2,3)14-9-19-15-25-20(26-16-19)21(30)28-12-10-24(11-13-28)22(31)29(23(32)27-24)17-18-7-5-4-6-8-18/h4-8,15-16H,10-13,17H2,1-3H3,(H,27,32). The molecule has 0 unspecified atom stereocenters. The number of imide groups is 1. The molecule has 1 spiro atoms. The van der Waals surface area contributed by atoms with Gasteiger partial charge in [-0.3, -0.25) is 14.5 Å². The maximum absolute atomic E-state index is 13.1. The smallest absolute Gasteiger partial charge is 0.325 e. The van der Waals surface area contributed by atoms with Crippen molar-refractivity contribution < 1.29 is 14.4 Å². The number of nitrogens with zero attached hydrogens (tertiary/aromatic N) is 4. The normalized spacial score (nSPS) is 17.5. The van der Waals surface area contributed by atoms with E-state index in [1.54, 1.807) is 17.3 Å². The summed E-state index contributed by atoms with van der Waals surface area (Å²) in [6.07, 6.45) is 3.85. The minimum Gasteiger partial charge on any atom is -0.336 e. The van der Waals surface area contributed by atoms with Crippen LogP contribution in [0.2, 0.25) is 19.6 Å². The second kappa shape index (κ2) is 8.79. The second-order valence-electron chi connectivity index (χ2n) is 9.48. The van der Waals surface area contributed by atoms with Crippen molar-refractivity contribution in [2.75, 3.05) is 13.1 Å². The van der Waals surface area contributed by atoms with Crippen molar-refractivity contribution in [3.8, 4) is 11.5 Å². The van der Waals surface area contributed by atoms with Crippen LogP contribution >= 0.6 is 0 Å². The van der Waals surface area contributed by atoms with Crippen molar-refractivity contribution in [3.63, 3.8) is 0 Å². The number of urea groups is 1. The summed E-state index contributed by atoms with van der Waals surface area (Å²) in [4.78, 5) is 49.8. The molecule has 170 valence electrons. The van der Waals surface area contributed by atoms with Crippen LogP contribution in [0.1, 0.15) is 34.6 Å². The molecule has 2 saturated heterocycles. The highest BCUT2D eigenvalue weighted by Gasteiger charge is 2.52. The summed E-state index contributed by atoms with van der Waals surface area (Å²) in [6.45, 7) is 7.37. The zero-order valence-corrected chi connectivity index (χ0v) is 20.1. The van der Waals surface area contributed by atoms with Crippen molar-refractivity contribution in [2.45, 2.75) is 44.6 Å². The van der Waals surface area contributed by atoms with Crippen LogP contribution in [0, 0.1) is 11.5 Å². The number of nitrogens with one attached hydrogen (secondary N) is 1. The van der Waals surface area contributed by atoms with E-state index in [4.69, 9.17) is 0 Å². The zero-order valence-electron chi connectivity index (χ0n) is 19.1. The molecule has 8 nitrogen and oxygen atoms in total. The van der Waals surface area contributed by atoms with E-state index < -0.39 is 13.6 Å². The fourth-order valence-electron chi connectivity index (χ4n) is 3.92. The molecule has 2 aliphatic heterocycles. The number of benzene rings is 1. The molecule has 4 amide bonds. The molecule has 1 aromatic carbocycles. The molecule has 1 N–H and O–H groups in total. The van der Waals surface area contributed by atoms with Crippen LogP contribution in [-0.4, -0.2) is 64.3 Å². The zero-order chi connectivity index (χ0) is 23.6. The van der Waals surface area contributed by atoms with Crippen molar-refractivity contribution in [1.82, 2.24) is 25.1 Å². The highest BCUT2D eigenvalue weighted by Crippen LogP contribution is 2.30. The first-order valence-electron chi connectivity index (χ1n) is 11.0. The number of aromatic nitrogens is 2. The summed E-state index contributed by atoms with van der Waals surface area (Å²) in [5, 5.41) is 2.88. The van der Waals surface area contributed by atoms with Gasteiger partial charge in [0.25, 0.3) is 11.8 Å². The molecule has 9 heteroatoms. The van der Waals surface area contributed by atoms with Gasteiger partial charge in [-0.1, -0.05) is 55.9 Å². The van der Waals surface area contributed by atoms with Gasteiger partial charge in [-0.2, -0.15) is 0 Å². The Morgan fingerprint density at radius 3 is 2.33 bits per heavy atom. The SMILES string of the molecule is C[Si](C)(C)C#Cc1cnc(C(=O)N2CCC3(CC2)NC(=O)N(Cc2ccccc2)C3=O)nc1. The maximum Gasteiger partial charge on any atom is 0.325 e. The summed E-state index contributed by atoms with van der Waals surface area (Å²) >= 11 is 0. The monoisotopic (exact) mass is 461 g/mol. The number of carbonyl (C=O) groups excluding carboxylic acids is 3. The largest absolute Gasteiger partial charge is 0.336 e. The summed E-state index contributed by atoms with van der Waals surface area (Å²) in [5.74, 6) is 2.67. The number of hydrogen-bond acceptors (Lipinski definition) is 5. The Bertz CT molecular complexity index is 1120. The van der Waals surface area contributed by atoms with Gasteiger partial charge in [0, 0.05) is 25.5 Å². The number of hydrogen-bond donors (Lipinski definition) is 1.